The average molecular weight is 478 g/mol. The Hall–Kier alpha value is -3.36. The van der Waals surface area contributed by atoms with Gasteiger partial charge < -0.3 is 10.2 Å². The van der Waals surface area contributed by atoms with E-state index >= 15 is 0 Å². The lowest BCUT2D eigenvalue weighted by atomic mass is 9.98. The van der Waals surface area contributed by atoms with E-state index in [2.05, 4.69) is 10.3 Å². The summed E-state index contributed by atoms with van der Waals surface area (Å²) in [4.78, 5) is 49.2. The van der Waals surface area contributed by atoms with Gasteiger partial charge in [0, 0.05) is 17.7 Å². The highest BCUT2D eigenvalue weighted by molar-refractivity contribution is 7.18. The molecule has 34 heavy (non-hydrogen) atoms. The lowest BCUT2D eigenvalue weighted by Gasteiger charge is -2.25. The summed E-state index contributed by atoms with van der Waals surface area (Å²) in [5, 5.41) is 4.63. The first kappa shape index (κ1) is 23.8. The molecule has 0 saturated carbocycles. The molecule has 1 aliphatic rings. The number of thiazole rings is 1. The molecule has 2 aromatic carbocycles. The monoisotopic (exact) mass is 477 g/mol. The molecule has 176 valence electrons. The third-order valence-electron chi connectivity index (χ3n) is 5.47. The van der Waals surface area contributed by atoms with Gasteiger partial charge in [0.25, 0.3) is 0 Å². The summed E-state index contributed by atoms with van der Waals surface area (Å²) in [6, 6.07) is 17.8. The highest BCUT2D eigenvalue weighted by atomic mass is 32.1. The molecule has 2 heterocycles. The number of carbonyl (C=O) groups is 3. The van der Waals surface area contributed by atoms with Crippen LogP contribution in [0.2, 0.25) is 0 Å². The Kier molecular flexibility index (Phi) is 6.90. The van der Waals surface area contributed by atoms with Crippen molar-refractivity contribution >= 4 is 34.1 Å². The van der Waals surface area contributed by atoms with E-state index in [1.807, 2.05) is 48.5 Å². The van der Waals surface area contributed by atoms with Crippen LogP contribution in [0, 0.1) is 5.41 Å². The zero-order valence-corrected chi connectivity index (χ0v) is 20.2. The smallest absolute Gasteiger partial charge is 0.330 e. The van der Waals surface area contributed by atoms with Crippen LogP contribution in [0.4, 0.5) is 5.13 Å². The predicted molar refractivity (Wildman–Crippen MR) is 131 cm³/mol. The molecular formula is C26H27N3O4S. The van der Waals surface area contributed by atoms with Gasteiger partial charge in [0.1, 0.15) is 10.9 Å². The van der Waals surface area contributed by atoms with Crippen molar-refractivity contribution in [1.82, 2.24) is 10.0 Å². The van der Waals surface area contributed by atoms with Gasteiger partial charge in [0.2, 0.25) is 11.7 Å². The van der Waals surface area contributed by atoms with E-state index in [9.17, 15) is 14.4 Å². The van der Waals surface area contributed by atoms with Crippen LogP contribution in [-0.2, 0) is 14.4 Å². The standard InChI is InChI=1S/C26H27N3O4S/c1-26(2,3)24(32)33-29-16-10-15-19(29)23(31)28-25-27-20(17-11-6-4-7-12-17)22(34-25)21(30)18-13-8-5-9-14-18/h4-9,11-14,19H,10,15-16H2,1-3H3,(H,27,28,31)/t19-/m0/s1. The summed E-state index contributed by atoms with van der Waals surface area (Å²) in [6.45, 7) is 5.80. The van der Waals surface area contributed by atoms with Gasteiger partial charge in [-0.2, -0.15) is 0 Å². The van der Waals surface area contributed by atoms with Gasteiger partial charge in [-0.1, -0.05) is 72.0 Å². The molecule has 0 aliphatic carbocycles. The summed E-state index contributed by atoms with van der Waals surface area (Å²) in [5.41, 5.74) is 1.20. The van der Waals surface area contributed by atoms with Crippen LogP contribution in [0.5, 0.6) is 0 Å². The Labute approximate surface area is 202 Å². The molecule has 1 aliphatic heterocycles. The highest BCUT2D eigenvalue weighted by Gasteiger charge is 2.37. The van der Waals surface area contributed by atoms with Crippen LogP contribution in [0.15, 0.2) is 60.7 Å². The van der Waals surface area contributed by atoms with Crippen LogP contribution < -0.4 is 5.32 Å². The SMILES string of the molecule is CC(C)(C)C(=O)ON1CCC[C@H]1C(=O)Nc1nc(-c2ccccc2)c(C(=O)c2ccccc2)s1. The number of nitrogens with one attached hydrogen (secondary N) is 1. The third kappa shape index (κ3) is 5.24. The van der Waals surface area contributed by atoms with Crippen molar-refractivity contribution in [1.29, 1.82) is 0 Å². The number of ketones is 1. The number of benzene rings is 2. The second-order valence-corrected chi connectivity index (χ2v) is 10.2. The topological polar surface area (TPSA) is 88.6 Å². The number of amides is 1. The van der Waals surface area contributed by atoms with E-state index in [1.54, 1.807) is 32.9 Å². The van der Waals surface area contributed by atoms with Crippen LogP contribution in [0.1, 0.15) is 48.8 Å². The van der Waals surface area contributed by atoms with Crippen molar-refractivity contribution in [2.45, 2.75) is 39.7 Å². The van der Waals surface area contributed by atoms with Crippen molar-refractivity contribution in [3.63, 3.8) is 0 Å². The normalized spacial score (nSPS) is 16.3. The molecule has 1 fully saturated rings. The summed E-state index contributed by atoms with van der Waals surface area (Å²) in [7, 11) is 0. The second-order valence-electron chi connectivity index (χ2n) is 9.17. The zero-order chi connectivity index (χ0) is 24.3. The Bertz CT molecular complexity index is 1190. The first-order chi connectivity index (χ1) is 16.2. The molecule has 1 saturated heterocycles. The third-order valence-corrected chi connectivity index (χ3v) is 6.44. The minimum atomic E-state index is -0.670. The maximum atomic E-state index is 13.3. The van der Waals surface area contributed by atoms with E-state index < -0.39 is 11.5 Å². The van der Waals surface area contributed by atoms with E-state index in [0.717, 1.165) is 23.3 Å². The van der Waals surface area contributed by atoms with Crippen molar-refractivity contribution in [2.24, 2.45) is 5.41 Å². The summed E-state index contributed by atoms with van der Waals surface area (Å²) in [5.74, 6) is -0.853. The lowest BCUT2D eigenvalue weighted by Crippen LogP contribution is -2.42. The summed E-state index contributed by atoms with van der Waals surface area (Å²) >= 11 is 1.14. The second kappa shape index (κ2) is 9.87. The predicted octanol–water partition coefficient (Wildman–Crippen LogP) is 4.95. The first-order valence-electron chi connectivity index (χ1n) is 11.2. The molecule has 4 rings (SSSR count). The van der Waals surface area contributed by atoms with Gasteiger partial charge in [-0.3, -0.25) is 9.59 Å². The molecule has 3 aromatic rings. The zero-order valence-electron chi connectivity index (χ0n) is 19.4. The van der Waals surface area contributed by atoms with Gasteiger partial charge in [-0.15, -0.1) is 5.06 Å². The first-order valence-corrected chi connectivity index (χ1v) is 12.0. The van der Waals surface area contributed by atoms with Gasteiger partial charge >= 0.3 is 5.97 Å². The van der Waals surface area contributed by atoms with Crippen LogP contribution in [0.25, 0.3) is 11.3 Å². The number of nitrogens with zero attached hydrogens (tertiary/aromatic N) is 2. The molecule has 1 amide bonds. The molecule has 1 N–H and O–H groups in total. The minimum absolute atomic E-state index is 0.154. The summed E-state index contributed by atoms with van der Waals surface area (Å²) < 4.78 is 0. The number of anilines is 1. The largest absolute Gasteiger partial charge is 0.367 e. The number of aromatic nitrogens is 1. The molecule has 1 atom stereocenters. The molecule has 0 unspecified atom stereocenters. The minimum Gasteiger partial charge on any atom is -0.367 e. The maximum Gasteiger partial charge on any atom is 0.330 e. The van der Waals surface area contributed by atoms with Gasteiger partial charge in [-0.05, 0) is 33.6 Å². The molecule has 1 aromatic heterocycles. The Morgan fingerprint density at radius 1 is 1.03 bits per heavy atom. The van der Waals surface area contributed by atoms with Crippen molar-refractivity contribution < 1.29 is 19.2 Å². The van der Waals surface area contributed by atoms with Crippen molar-refractivity contribution in [2.75, 3.05) is 11.9 Å². The number of rotatable bonds is 6. The van der Waals surface area contributed by atoms with E-state index in [0.29, 0.717) is 34.2 Å². The fraction of sp³-hybridized carbons (Fsp3) is 0.308. The highest BCUT2D eigenvalue weighted by Crippen LogP contribution is 2.33. The van der Waals surface area contributed by atoms with Gasteiger partial charge in [-0.25, -0.2) is 9.78 Å². The summed E-state index contributed by atoms with van der Waals surface area (Å²) in [6.07, 6.45) is 1.30. The van der Waals surface area contributed by atoms with Gasteiger partial charge in [0.15, 0.2) is 5.13 Å². The molecule has 0 spiro atoms. The molecule has 8 heteroatoms. The van der Waals surface area contributed by atoms with Crippen LogP contribution in [0.3, 0.4) is 0 Å². The quantitative estimate of drug-likeness (QED) is 0.506. The van der Waals surface area contributed by atoms with Crippen molar-refractivity contribution in [3.05, 3.63) is 71.1 Å². The van der Waals surface area contributed by atoms with Crippen molar-refractivity contribution in [3.8, 4) is 11.3 Å². The van der Waals surface area contributed by atoms with Crippen LogP contribution in [-0.4, -0.2) is 40.3 Å². The van der Waals surface area contributed by atoms with Gasteiger partial charge in [0.05, 0.1) is 11.1 Å². The lowest BCUT2D eigenvalue weighted by molar-refractivity contribution is -0.203. The Morgan fingerprint density at radius 2 is 1.68 bits per heavy atom. The Morgan fingerprint density at radius 3 is 2.32 bits per heavy atom. The number of carbonyl (C=O) groups excluding carboxylic acids is 3. The van der Waals surface area contributed by atoms with E-state index in [-0.39, 0.29) is 17.7 Å². The fourth-order valence-electron chi connectivity index (χ4n) is 3.58. The van der Waals surface area contributed by atoms with E-state index in [1.165, 1.54) is 5.06 Å². The molecule has 0 bridgehead atoms. The Balaban J connectivity index is 1.58. The van der Waals surface area contributed by atoms with E-state index in [4.69, 9.17) is 4.84 Å². The molecule has 0 radical (unpaired) electrons. The number of hydrogen-bond acceptors (Lipinski definition) is 7. The number of hydrogen-bond donors (Lipinski definition) is 1. The average Bonchev–Trinajstić information content (AvgIpc) is 3.46. The molecular weight excluding hydrogens is 450 g/mol. The molecule has 7 nitrogen and oxygen atoms in total. The maximum absolute atomic E-state index is 13.3. The number of hydroxylamine groups is 2. The fourth-order valence-corrected chi connectivity index (χ4v) is 4.54. The van der Waals surface area contributed by atoms with Crippen LogP contribution >= 0.6 is 11.3 Å².